The van der Waals surface area contributed by atoms with Gasteiger partial charge in [-0.25, -0.2) is 0 Å². The summed E-state index contributed by atoms with van der Waals surface area (Å²) in [5.41, 5.74) is 17.0. The number of nitrogens with two attached hydrogens (primary N) is 3. The number of carbonyl (C=O) groups is 17. The van der Waals surface area contributed by atoms with Gasteiger partial charge in [-0.2, -0.15) is 0 Å². The molecule has 11 atom stereocenters. The van der Waals surface area contributed by atoms with Gasteiger partial charge in [0.15, 0.2) is 0 Å². The molecule has 0 radical (unpaired) electrons. The van der Waals surface area contributed by atoms with Crippen molar-refractivity contribution in [3.63, 3.8) is 0 Å². The van der Waals surface area contributed by atoms with E-state index in [0.717, 1.165) is 13.8 Å². The summed E-state index contributed by atoms with van der Waals surface area (Å²) in [6.07, 6.45) is -7.94. The number of carboxylic acid groups (broad SMARTS) is 4. The largest absolute Gasteiger partial charge is 0.481 e. The average Bonchev–Trinajstić information content (AvgIpc) is 0.899. The van der Waals surface area contributed by atoms with Crippen molar-refractivity contribution in [1.82, 2.24) is 58.5 Å². The zero-order chi connectivity index (χ0) is 72.2. The summed E-state index contributed by atoms with van der Waals surface area (Å²) >= 11 is 0. The number of benzene rings is 1. The predicted octanol–water partition coefficient (Wildman–Crippen LogP) is -5.36. The molecule has 0 bridgehead atoms. The van der Waals surface area contributed by atoms with Crippen LogP contribution in [0.5, 0.6) is 0 Å². The number of unbranched alkanes of at least 4 members (excludes halogenated alkanes) is 1. The lowest BCUT2D eigenvalue weighted by atomic mass is 10.0. The standard InChI is InChI=1S/C59H92N14O22/c1-29(2)24-39(50(62)86)69-57(93)41(26-33-12-8-7-9-13-33)71-54(90)36(15-19-43(61)76)66-52(88)35(16-20-45(78)79)65-44(77)28-63-59(95)49(31(5)74)73-55(91)38(18-22-47(82)83)67-53(89)37(17-21-46(80)81)68-58(94)42(27-48(84)85)72-56(92)40(25-30(3)4)70-51(87)34(64-32(6)75)14-10-11-23-60/h7-9,12-13,29-31,34-42,49,74H,10-11,14-28,60H2,1-6H3,(H2,61,76)(H2,62,86)(H,63,95)(H,64,75)(H,65,77)(H,66,88)(H,67,89)(H,68,94)(H,69,93)(H,70,87)(H,71,90)(H,72,92)(H,73,91)(H,78,79)(H,80,81)(H,82,83)(H,84,85)/t31-,34+,35+,36+,37+,38+,39+,40+,41+,42+,49+/m1/s1. The Labute approximate surface area is 547 Å². The zero-order valence-electron chi connectivity index (χ0n) is 53.8. The van der Waals surface area contributed by atoms with Gasteiger partial charge >= 0.3 is 23.9 Å². The number of nitrogens with one attached hydrogen (secondary N) is 11. The van der Waals surface area contributed by atoms with Crippen molar-refractivity contribution in [2.24, 2.45) is 29.0 Å². The highest BCUT2D eigenvalue weighted by atomic mass is 16.4. The van der Waals surface area contributed by atoms with E-state index in [2.05, 4.69) is 58.5 Å². The fraction of sp³-hybridized carbons (Fsp3) is 0.610. The van der Waals surface area contributed by atoms with E-state index in [0.29, 0.717) is 18.4 Å². The maximum atomic E-state index is 14.0. The van der Waals surface area contributed by atoms with E-state index in [9.17, 15) is 107 Å². The molecule has 1 aromatic carbocycles. The third-order valence-corrected chi connectivity index (χ3v) is 13.9. The highest BCUT2D eigenvalue weighted by molar-refractivity contribution is 6.00. The minimum absolute atomic E-state index is 0.0821. The van der Waals surface area contributed by atoms with E-state index in [1.807, 2.05) is 0 Å². The van der Waals surface area contributed by atoms with Gasteiger partial charge < -0.3 is 101 Å². The van der Waals surface area contributed by atoms with Crippen LogP contribution in [0.3, 0.4) is 0 Å². The van der Waals surface area contributed by atoms with Crippen LogP contribution in [0.2, 0.25) is 0 Å². The number of aliphatic hydroxyl groups is 1. The molecular weight excluding hydrogens is 1260 g/mol. The molecule has 0 unspecified atom stereocenters. The first-order valence-corrected chi connectivity index (χ1v) is 30.6. The van der Waals surface area contributed by atoms with E-state index in [1.165, 1.54) is 0 Å². The van der Waals surface area contributed by atoms with Crippen molar-refractivity contribution < 1.29 is 107 Å². The normalized spacial score (nSPS) is 14.5. The Kier molecular flexibility index (Phi) is 37.7. The third kappa shape index (κ3) is 34.6. The average molecular weight is 1350 g/mol. The number of hydrogen-bond acceptors (Lipinski definition) is 19. The SMILES string of the molecule is CC(=O)N[C@@H](CCCCN)C(=O)N[C@@H](CC(C)C)C(=O)N[C@@H](CC(=O)O)C(=O)N[C@@H](CCC(=O)O)C(=O)N[C@@H](CCC(=O)O)C(=O)N[C@H](C(=O)NCC(=O)N[C@@H](CCC(=O)O)C(=O)N[C@@H](CCC(N)=O)C(=O)N[C@@H](Cc1ccccc1)C(=O)N[C@@H](CC(C)C)C(N)=O)[C@@H](C)O. The Balaban J connectivity index is 3.50. The summed E-state index contributed by atoms with van der Waals surface area (Å²) in [6.45, 7) is 8.21. The van der Waals surface area contributed by atoms with E-state index >= 15 is 0 Å². The fourth-order valence-electron chi connectivity index (χ4n) is 9.12. The van der Waals surface area contributed by atoms with Gasteiger partial charge in [-0.05, 0) is 88.7 Å². The summed E-state index contributed by atoms with van der Waals surface area (Å²) in [4.78, 5) is 221. The Morgan fingerprint density at radius 2 is 0.800 bits per heavy atom. The molecule has 36 nitrogen and oxygen atoms in total. The number of carbonyl (C=O) groups excluding carboxylic acids is 13. The van der Waals surface area contributed by atoms with Crippen LogP contribution in [0.25, 0.3) is 0 Å². The first-order chi connectivity index (χ1) is 44.4. The molecule has 530 valence electrons. The molecule has 0 saturated carbocycles. The van der Waals surface area contributed by atoms with E-state index < -0.39 is 232 Å². The molecule has 1 aromatic rings. The first kappa shape index (κ1) is 83.1. The minimum atomic E-state index is -2.06. The van der Waals surface area contributed by atoms with E-state index in [1.54, 1.807) is 58.0 Å². The lowest BCUT2D eigenvalue weighted by Crippen LogP contribution is -2.61. The topological polar surface area (TPSA) is 602 Å². The minimum Gasteiger partial charge on any atom is -0.481 e. The van der Waals surface area contributed by atoms with E-state index in [4.69, 9.17) is 17.2 Å². The van der Waals surface area contributed by atoms with Crippen molar-refractivity contribution in [2.45, 2.75) is 204 Å². The fourth-order valence-corrected chi connectivity index (χ4v) is 9.12. The molecule has 0 spiro atoms. The molecule has 1 rings (SSSR count). The van der Waals surface area contributed by atoms with Gasteiger partial charge in [0.25, 0.3) is 0 Å². The van der Waals surface area contributed by atoms with Crippen molar-refractivity contribution >= 4 is 101 Å². The highest BCUT2D eigenvalue weighted by Gasteiger charge is 2.37. The molecule has 0 fully saturated rings. The smallest absolute Gasteiger partial charge is 0.305 e. The van der Waals surface area contributed by atoms with Crippen LogP contribution in [0, 0.1) is 11.8 Å². The van der Waals surface area contributed by atoms with Gasteiger partial charge in [0.1, 0.15) is 60.4 Å². The quantitative estimate of drug-likeness (QED) is 0.0271. The predicted molar refractivity (Wildman–Crippen MR) is 332 cm³/mol. The second-order valence-electron chi connectivity index (χ2n) is 23.3. The lowest BCUT2D eigenvalue weighted by molar-refractivity contribution is -0.142. The molecule has 22 N–H and O–H groups in total. The van der Waals surface area contributed by atoms with Crippen LogP contribution in [-0.4, -0.2) is 206 Å². The molecule has 0 aliphatic heterocycles. The van der Waals surface area contributed by atoms with Crippen LogP contribution in [0.15, 0.2) is 30.3 Å². The van der Waals surface area contributed by atoms with Crippen LogP contribution < -0.4 is 75.7 Å². The van der Waals surface area contributed by atoms with Crippen molar-refractivity contribution in [2.75, 3.05) is 13.1 Å². The maximum absolute atomic E-state index is 14.0. The number of aliphatic hydroxyl groups excluding tert-OH is 1. The number of amides is 13. The van der Waals surface area contributed by atoms with E-state index in [-0.39, 0.29) is 44.1 Å². The van der Waals surface area contributed by atoms with Crippen molar-refractivity contribution in [3.05, 3.63) is 35.9 Å². The highest BCUT2D eigenvalue weighted by Crippen LogP contribution is 2.13. The Hall–Kier alpha value is -9.87. The maximum Gasteiger partial charge on any atom is 0.305 e. The monoisotopic (exact) mass is 1350 g/mol. The third-order valence-electron chi connectivity index (χ3n) is 13.9. The van der Waals surface area contributed by atoms with Crippen LogP contribution >= 0.6 is 0 Å². The Morgan fingerprint density at radius 1 is 0.421 bits per heavy atom. The second-order valence-corrected chi connectivity index (χ2v) is 23.3. The van der Waals surface area contributed by atoms with Gasteiger partial charge in [-0.3, -0.25) is 81.5 Å². The molecule has 36 heteroatoms. The number of aliphatic carboxylic acids is 4. The number of rotatable bonds is 47. The zero-order valence-corrected chi connectivity index (χ0v) is 53.8. The van der Waals surface area contributed by atoms with Gasteiger partial charge in [0, 0.05) is 39.0 Å². The van der Waals surface area contributed by atoms with Crippen molar-refractivity contribution in [3.8, 4) is 0 Å². The number of carboxylic acids is 4. The molecular formula is C59H92N14O22. The van der Waals surface area contributed by atoms with Crippen LogP contribution in [0.4, 0.5) is 0 Å². The van der Waals surface area contributed by atoms with Gasteiger partial charge in [0.2, 0.25) is 76.8 Å². The molecule has 0 heterocycles. The van der Waals surface area contributed by atoms with Crippen LogP contribution in [0.1, 0.15) is 137 Å². The number of hydrogen-bond donors (Lipinski definition) is 19. The first-order valence-electron chi connectivity index (χ1n) is 30.6. The molecule has 0 aromatic heterocycles. The molecule has 95 heavy (non-hydrogen) atoms. The summed E-state index contributed by atoms with van der Waals surface area (Å²) in [5, 5.41) is 74.2. The summed E-state index contributed by atoms with van der Waals surface area (Å²) in [5.74, 6) is -20.8. The van der Waals surface area contributed by atoms with Crippen molar-refractivity contribution in [1.29, 1.82) is 0 Å². The summed E-state index contributed by atoms with van der Waals surface area (Å²) in [6, 6.07) is -8.52. The second kappa shape index (κ2) is 43.1. The van der Waals surface area contributed by atoms with Gasteiger partial charge in [-0.1, -0.05) is 58.0 Å². The van der Waals surface area contributed by atoms with Crippen LogP contribution in [-0.2, 0) is 87.9 Å². The van der Waals surface area contributed by atoms with Gasteiger partial charge in [0.05, 0.1) is 19.1 Å². The lowest BCUT2D eigenvalue weighted by Gasteiger charge is -2.28. The molecule has 0 saturated heterocycles. The summed E-state index contributed by atoms with van der Waals surface area (Å²) in [7, 11) is 0. The van der Waals surface area contributed by atoms with Gasteiger partial charge in [-0.15, -0.1) is 0 Å². The Morgan fingerprint density at radius 3 is 1.22 bits per heavy atom. The molecule has 0 aliphatic rings. The summed E-state index contributed by atoms with van der Waals surface area (Å²) < 4.78 is 0. The Bertz CT molecular complexity index is 2860. The molecule has 13 amide bonds. The molecule has 0 aliphatic carbocycles. The number of primary amides is 2.